The first-order valence-electron chi connectivity index (χ1n) is 9.14. The third kappa shape index (κ3) is 4.40. The van der Waals surface area contributed by atoms with Gasteiger partial charge in [0, 0.05) is 10.9 Å². The molecule has 2 aromatic rings. The van der Waals surface area contributed by atoms with Crippen LogP contribution >= 0.6 is 11.3 Å². The van der Waals surface area contributed by atoms with E-state index in [1.54, 1.807) is 6.92 Å². The Morgan fingerprint density at radius 3 is 2.70 bits per heavy atom. The highest BCUT2D eigenvalue weighted by Crippen LogP contribution is 2.39. The van der Waals surface area contributed by atoms with Crippen LogP contribution in [0.3, 0.4) is 0 Å². The molecule has 1 amide bonds. The van der Waals surface area contributed by atoms with Gasteiger partial charge in [-0.05, 0) is 43.9 Å². The Kier molecular flexibility index (Phi) is 6.31. The molecule has 0 atom stereocenters. The number of nitrogen functional groups attached to an aromatic ring is 1. The maximum Gasteiger partial charge on any atom is 0.341 e. The smallest absolute Gasteiger partial charge is 0.341 e. The second kappa shape index (κ2) is 8.91. The van der Waals surface area contributed by atoms with Crippen LogP contribution in [0.1, 0.15) is 44.5 Å². The maximum absolute atomic E-state index is 12.3. The van der Waals surface area contributed by atoms with Gasteiger partial charge in [0.1, 0.15) is 10.7 Å². The van der Waals surface area contributed by atoms with Crippen molar-refractivity contribution >= 4 is 45.6 Å². The number of carbonyl (C=O) groups is 3. The molecule has 1 aliphatic carbocycles. The SMILES string of the molecule is CCOC(=O)c1c(NC(=O)COC(=O)c2ccc(N)c([N+](=O)[O-])c2)sc2c1CCC2. The molecule has 1 heterocycles. The van der Waals surface area contributed by atoms with E-state index in [9.17, 15) is 24.5 Å². The van der Waals surface area contributed by atoms with Gasteiger partial charge in [0.25, 0.3) is 11.6 Å². The quantitative estimate of drug-likeness (QED) is 0.293. The molecule has 0 spiro atoms. The van der Waals surface area contributed by atoms with E-state index in [0.29, 0.717) is 10.6 Å². The van der Waals surface area contributed by atoms with Crippen molar-refractivity contribution in [1.82, 2.24) is 0 Å². The molecule has 3 N–H and O–H groups in total. The van der Waals surface area contributed by atoms with Crippen LogP contribution in [-0.4, -0.2) is 36.0 Å². The van der Waals surface area contributed by atoms with Gasteiger partial charge in [-0.2, -0.15) is 0 Å². The fourth-order valence-corrected chi connectivity index (χ4v) is 4.41. The van der Waals surface area contributed by atoms with Gasteiger partial charge in [-0.3, -0.25) is 14.9 Å². The summed E-state index contributed by atoms with van der Waals surface area (Å²) in [5.41, 5.74) is 6.11. The lowest BCUT2D eigenvalue weighted by Gasteiger charge is -2.09. The van der Waals surface area contributed by atoms with Crippen LogP contribution in [0.15, 0.2) is 18.2 Å². The summed E-state index contributed by atoms with van der Waals surface area (Å²) in [4.78, 5) is 48.0. The molecular weight excluding hydrogens is 414 g/mol. The van der Waals surface area contributed by atoms with Crippen molar-refractivity contribution in [3.63, 3.8) is 0 Å². The normalized spacial score (nSPS) is 12.2. The number of esters is 2. The number of anilines is 2. The van der Waals surface area contributed by atoms with Gasteiger partial charge in [0.05, 0.1) is 22.7 Å². The monoisotopic (exact) mass is 433 g/mol. The predicted octanol–water partition coefficient (Wildman–Crippen LogP) is 2.70. The number of aryl methyl sites for hydroxylation is 1. The van der Waals surface area contributed by atoms with Crippen LogP contribution in [-0.2, 0) is 27.1 Å². The Bertz CT molecular complexity index is 1030. The van der Waals surface area contributed by atoms with Crippen LogP contribution in [0.2, 0.25) is 0 Å². The number of fused-ring (bicyclic) bond motifs is 1. The molecule has 1 aromatic carbocycles. The second-order valence-electron chi connectivity index (χ2n) is 6.44. The Labute approximate surface area is 175 Å². The van der Waals surface area contributed by atoms with Crippen molar-refractivity contribution in [3.8, 4) is 0 Å². The number of amides is 1. The molecule has 30 heavy (non-hydrogen) atoms. The minimum atomic E-state index is -0.910. The molecule has 11 heteroatoms. The number of thiophene rings is 1. The summed E-state index contributed by atoms with van der Waals surface area (Å²) in [6.45, 7) is 1.29. The summed E-state index contributed by atoms with van der Waals surface area (Å²) in [5, 5.41) is 13.9. The van der Waals surface area contributed by atoms with Gasteiger partial charge >= 0.3 is 11.9 Å². The number of nitrogens with zero attached hydrogens (tertiary/aromatic N) is 1. The number of carbonyl (C=O) groups excluding carboxylic acids is 3. The van der Waals surface area contributed by atoms with Crippen LogP contribution in [0, 0.1) is 10.1 Å². The maximum atomic E-state index is 12.3. The molecule has 0 aliphatic heterocycles. The summed E-state index contributed by atoms with van der Waals surface area (Å²) in [5.74, 6) is -2.05. The zero-order valence-corrected chi connectivity index (χ0v) is 16.9. The Morgan fingerprint density at radius 2 is 2.00 bits per heavy atom. The highest BCUT2D eigenvalue weighted by atomic mass is 32.1. The van der Waals surface area contributed by atoms with Crippen molar-refractivity contribution in [2.45, 2.75) is 26.2 Å². The molecule has 1 aromatic heterocycles. The minimum Gasteiger partial charge on any atom is -0.462 e. The molecule has 0 saturated carbocycles. The number of nitrogens with two attached hydrogens (primary N) is 1. The van der Waals surface area contributed by atoms with Crippen LogP contribution in [0.4, 0.5) is 16.4 Å². The van der Waals surface area contributed by atoms with E-state index in [4.69, 9.17) is 15.2 Å². The molecule has 0 bridgehead atoms. The molecule has 0 unspecified atom stereocenters. The Morgan fingerprint density at radius 1 is 1.23 bits per heavy atom. The van der Waals surface area contributed by atoms with Gasteiger partial charge in [-0.25, -0.2) is 9.59 Å². The van der Waals surface area contributed by atoms with Crippen molar-refractivity contribution in [1.29, 1.82) is 0 Å². The summed E-state index contributed by atoms with van der Waals surface area (Å²) in [6, 6.07) is 3.47. The lowest BCUT2D eigenvalue weighted by Crippen LogP contribution is -2.22. The molecule has 0 saturated heterocycles. The molecule has 158 valence electrons. The van der Waals surface area contributed by atoms with E-state index in [1.165, 1.54) is 23.5 Å². The molecule has 0 fully saturated rings. The van der Waals surface area contributed by atoms with Crippen LogP contribution < -0.4 is 11.1 Å². The van der Waals surface area contributed by atoms with E-state index < -0.39 is 35.1 Å². The number of nitrogens with one attached hydrogen (secondary N) is 1. The molecule has 1 aliphatic rings. The number of nitro benzene ring substituents is 1. The number of hydrogen-bond donors (Lipinski definition) is 2. The van der Waals surface area contributed by atoms with E-state index in [2.05, 4.69) is 5.32 Å². The van der Waals surface area contributed by atoms with E-state index in [-0.39, 0.29) is 17.9 Å². The Balaban J connectivity index is 1.67. The predicted molar refractivity (Wildman–Crippen MR) is 109 cm³/mol. The van der Waals surface area contributed by atoms with Gasteiger partial charge in [-0.1, -0.05) is 0 Å². The third-order valence-corrected chi connectivity index (χ3v) is 5.66. The summed E-state index contributed by atoms with van der Waals surface area (Å²) < 4.78 is 10.0. The highest BCUT2D eigenvalue weighted by Gasteiger charge is 2.28. The molecule has 3 rings (SSSR count). The Hall–Kier alpha value is -3.47. The summed E-state index contributed by atoms with van der Waals surface area (Å²) in [7, 11) is 0. The van der Waals surface area contributed by atoms with Crippen molar-refractivity contribution in [2.24, 2.45) is 0 Å². The summed E-state index contributed by atoms with van der Waals surface area (Å²) in [6.07, 6.45) is 2.50. The first kappa shape index (κ1) is 21.2. The zero-order valence-electron chi connectivity index (χ0n) is 16.1. The van der Waals surface area contributed by atoms with Crippen LogP contribution in [0.5, 0.6) is 0 Å². The van der Waals surface area contributed by atoms with Crippen LogP contribution in [0.25, 0.3) is 0 Å². The zero-order chi connectivity index (χ0) is 21.8. The largest absolute Gasteiger partial charge is 0.462 e. The van der Waals surface area contributed by atoms with Gasteiger partial charge in [-0.15, -0.1) is 11.3 Å². The lowest BCUT2D eigenvalue weighted by atomic mass is 10.1. The van der Waals surface area contributed by atoms with Crippen molar-refractivity contribution < 1.29 is 28.8 Å². The van der Waals surface area contributed by atoms with Crippen molar-refractivity contribution in [3.05, 3.63) is 49.9 Å². The second-order valence-corrected chi connectivity index (χ2v) is 7.54. The summed E-state index contributed by atoms with van der Waals surface area (Å²) >= 11 is 1.31. The average Bonchev–Trinajstić information content (AvgIpc) is 3.27. The number of hydrogen-bond acceptors (Lipinski definition) is 9. The lowest BCUT2D eigenvalue weighted by molar-refractivity contribution is -0.383. The molecule has 0 radical (unpaired) electrons. The van der Waals surface area contributed by atoms with E-state index >= 15 is 0 Å². The number of benzene rings is 1. The first-order chi connectivity index (χ1) is 14.3. The number of ether oxygens (including phenoxy) is 2. The van der Waals surface area contributed by atoms with Gasteiger partial charge in [0.2, 0.25) is 0 Å². The highest BCUT2D eigenvalue weighted by molar-refractivity contribution is 7.17. The molecule has 10 nitrogen and oxygen atoms in total. The average molecular weight is 433 g/mol. The van der Waals surface area contributed by atoms with E-state index in [1.807, 2.05) is 0 Å². The fraction of sp³-hybridized carbons (Fsp3) is 0.316. The minimum absolute atomic E-state index is 0.0912. The van der Waals surface area contributed by atoms with Gasteiger partial charge < -0.3 is 20.5 Å². The van der Waals surface area contributed by atoms with Crippen molar-refractivity contribution in [2.75, 3.05) is 24.3 Å². The molecular formula is C19H19N3O7S. The standard InChI is InChI=1S/C19H19N3O7S/c1-2-28-19(25)16-11-4-3-5-14(11)30-17(16)21-15(23)9-29-18(24)10-6-7-12(20)13(8-10)22(26)27/h6-8H,2-5,9,20H2,1H3,(H,21,23). The number of rotatable bonds is 7. The third-order valence-electron chi connectivity index (χ3n) is 4.45. The van der Waals surface area contributed by atoms with Gasteiger partial charge in [0.15, 0.2) is 6.61 Å². The first-order valence-corrected chi connectivity index (χ1v) is 9.96. The number of nitro groups is 1. The topological polar surface area (TPSA) is 151 Å². The fourth-order valence-electron chi connectivity index (χ4n) is 3.12. The van der Waals surface area contributed by atoms with E-state index in [0.717, 1.165) is 35.8 Å².